The number of rotatable bonds is 7. The standard InChI is InChI=1S/C18H23N3O2/c22-18(9-8-17-7-4-10-23-17)19-11-16-12-20-21(14-16)13-15-5-2-1-3-6-15/h1-3,5-6,12,14,17H,4,7-11,13H2,(H,19,22). The number of hydrogen-bond donors (Lipinski definition) is 1. The molecule has 0 aliphatic carbocycles. The van der Waals surface area contributed by atoms with Crippen LogP contribution in [-0.2, 0) is 22.6 Å². The summed E-state index contributed by atoms with van der Waals surface area (Å²) < 4.78 is 7.42. The summed E-state index contributed by atoms with van der Waals surface area (Å²) in [4.78, 5) is 11.9. The zero-order valence-corrected chi connectivity index (χ0v) is 13.3. The molecule has 0 spiro atoms. The first-order chi connectivity index (χ1) is 11.3. The topological polar surface area (TPSA) is 56.1 Å². The molecule has 0 radical (unpaired) electrons. The fraction of sp³-hybridized carbons (Fsp3) is 0.444. The van der Waals surface area contributed by atoms with Crippen LogP contribution < -0.4 is 5.32 Å². The van der Waals surface area contributed by atoms with Crippen LogP contribution in [0.25, 0.3) is 0 Å². The predicted octanol–water partition coefficient (Wildman–Crippen LogP) is 2.51. The minimum atomic E-state index is 0.0799. The van der Waals surface area contributed by atoms with E-state index < -0.39 is 0 Å². The number of nitrogens with one attached hydrogen (secondary N) is 1. The lowest BCUT2D eigenvalue weighted by Crippen LogP contribution is -2.23. The highest BCUT2D eigenvalue weighted by atomic mass is 16.5. The van der Waals surface area contributed by atoms with Crippen LogP contribution >= 0.6 is 0 Å². The van der Waals surface area contributed by atoms with Crippen LogP contribution in [-0.4, -0.2) is 28.4 Å². The van der Waals surface area contributed by atoms with E-state index in [-0.39, 0.29) is 12.0 Å². The van der Waals surface area contributed by atoms with Crippen LogP contribution in [0.3, 0.4) is 0 Å². The van der Waals surface area contributed by atoms with Gasteiger partial charge >= 0.3 is 0 Å². The van der Waals surface area contributed by atoms with Gasteiger partial charge < -0.3 is 10.1 Å². The molecule has 1 aromatic carbocycles. The summed E-state index contributed by atoms with van der Waals surface area (Å²) in [7, 11) is 0. The predicted molar refractivity (Wildman–Crippen MR) is 87.8 cm³/mol. The average molecular weight is 313 g/mol. The van der Waals surface area contributed by atoms with E-state index in [0.717, 1.165) is 38.0 Å². The lowest BCUT2D eigenvalue weighted by molar-refractivity contribution is -0.121. The minimum absolute atomic E-state index is 0.0799. The van der Waals surface area contributed by atoms with Gasteiger partial charge in [0.1, 0.15) is 0 Å². The molecule has 2 aromatic rings. The highest BCUT2D eigenvalue weighted by Crippen LogP contribution is 2.16. The van der Waals surface area contributed by atoms with Crippen LogP contribution in [0, 0.1) is 0 Å². The van der Waals surface area contributed by atoms with Crippen molar-refractivity contribution in [2.24, 2.45) is 0 Å². The Kier molecular flexibility index (Phi) is 5.42. The molecule has 1 saturated heterocycles. The average Bonchev–Trinajstić information content (AvgIpc) is 3.24. The van der Waals surface area contributed by atoms with Gasteiger partial charge in [-0.25, -0.2) is 0 Å². The zero-order chi connectivity index (χ0) is 15.9. The summed E-state index contributed by atoms with van der Waals surface area (Å²) in [6.45, 7) is 2.11. The van der Waals surface area contributed by atoms with Crippen molar-refractivity contribution in [2.45, 2.75) is 44.9 Å². The van der Waals surface area contributed by atoms with E-state index in [1.807, 2.05) is 35.3 Å². The summed E-state index contributed by atoms with van der Waals surface area (Å²) in [5.41, 5.74) is 2.23. The van der Waals surface area contributed by atoms with Crippen LogP contribution in [0.4, 0.5) is 0 Å². The second kappa shape index (κ2) is 7.92. The van der Waals surface area contributed by atoms with E-state index in [1.54, 1.807) is 0 Å². The molecule has 1 unspecified atom stereocenters. The summed E-state index contributed by atoms with van der Waals surface area (Å²) in [5.74, 6) is 0.0799. The molecule has 122 valence electrons. The molecule has 5 heteroatoms. The largest absolute Gasteiger partial charge is 0.378 e. The molecule has 1 aliphatic heterocycles. The minimum Gasteiger partial charge on any atom is -0.378 e. The molecule has 1 amide bonds. The molecule has 2 heterocycles. The third kappa shape index (κ3) is 4.93. The smallest absolute Gasteiger partial charge is 0.220 e. The van der Waals surface area contributed by atoms with E-state index >= 15 is 0 Å². The van der Waals surface area contributed by atoms with Gasteiger partial charge in [-0.3, -0.25) is 9.48 Å². The Balaban J connectivity index is 1.41. The number of carbonyl (C=O) groups is 1. The van der Waals surface area contributed by atoms with Gasteiger partial charge in [-0.15, -0.1) is 0 Å². The van der Waals surface area contributed by atoms with Crippen molar-refractivity contribution < 1.29 is 9.53 Å². The summed E-state index contributed by atoms with van der Waals surface area (Å²) in [6.07, 6.45) is 7.61. The second-order valence-corrected chi connectivity index (χ2v) is 5.98. The van der Waals surface area contributed by atoms with Crippen LogP contribution in [0.15, 0.2) is 42.7 Å². The second-order valence-electron chi connectivity index (χ2n) is 5.98. The number of ether oxygens (including phenoxy) is 1. The summed E-state index contributed by atoms with van der Waals surface area (Å²) >= 11 is 0. The van der Waals surface area contributed by atoms with Crippen LogP contribution in [0.2, 0.25) is 0 Å². The third-order valence-corrected chi connectivity index (χ3v) is 4.08. The van der Waals surface area contributed by atoms with Crippen molar-refractivity contribution in [1.29, 1.82) is 0 Å². The van der Waals surface area contributed by atoms with E-state index in [1.165, 1.54) is 5.56 Å². The van der Waals surface area contributed by atoms with Gasteiger partial charge in [-0.05, 0) is 24.8 Å². The molecule has 1 N–H and O–H groups in total. The quantitative estimate of drug-likeness (QED) is 0.854. The molecule has 5 nitrogen and oxygen atoms in total. The first kappa shape index (κ1) is 15.7. The maximum absolute atomic E-state index is 11.9. The molecule has 1 atom stereocenters. The van der Waals surface area contributed by atoms with Crippen molar-refractivity contribution in [3.63, 3.8) is 0 Å². The fourth-order valence-corrected chi connectivity index (χ4v) is 2.81. The maximum atomic E-state index is 11.9. The van der Waals surface area contributed by atoms with Crippen LogP contribution in [0.1, 0.15) is 36.8 Å². The monoisotopic (exact) mass is 313 g/mol. The summed E-state index contributed by atoms with van der Waals surface area (Å²) in [5, 5.41) is 7.30. The van der Waals surface area contributed by atoms with E-state index in [2.05, 4.69) is 22.5 Å². The molecule has 23 heavy (non-hydrogen) atoms. The molecule has 0 bridgehead atoms. The molecule has 0 saturated carbocycles. The van der Waals surface area contributed by atoms with Gasteiger partial charge in [0, 0.05) is 31.3 Å². The Hall–Kier alpha value is -2.14. The van der Waals surface area contributed by atoms with Gasteiger partial charge in [0.15, 0.2) is 0 Å². The number of amides is 1. The Morgan fingerprint density at radius 3 is 2.96 bits per heavy atom. The van der Waals surface area contributed by atoms with Crippen molar-refractivity contribution in [3.8, 4) is 0 Å². The zero-order valence-electron chi connectivity index (χ0n) is 13.3. The van der Waals surface area contributed by atoms with Crippen LogP contribution in [0.5, 0.6) is 0 Å². The SMILES string of the molecule is O=C(CCC1CCCO1)NCc1cnn(Cc2ccccc2)c1. The number of carbonyl (C=O) groups excluding carboxylic acids is 1. The molecular formula is C18H23N3O2. The molecule has 3 rings (SSSR count). The number of nitrogens with zero attached hydrogens (tertiary/aromatic N) is 2. The van der Waals surface area contributed by atoms with Gasteiger partial charge in [-0.1, -0.05) is 30.3 Å². The molecule has 1 aliphatic rings. The van der Waals surface area contributed by atoms with Gasteiger partial charge in [0.2, 0.25) is 5.91 Å². The first-order valence-electron chi connectivity index (χ1n) is 8.23. The van der Waals surface area contributed by atoms with Gasteiger partial charge in [0.25, 0.3) is 0 Å². The summed E-state index contributed by atoms with van der Waals surface area (Å²) in [6, 6.07) is 10.2. The highest BCUT2D eigenvalue weighted by molar-refractivity contribution is 5.75. The van der Waals surface area contributed by atoms with Crippen molar-refractivity contribution in [3.05, 3.63) is 53.9 Å². The maximum Gasteiger partial charge on any atom is 0.220 e. The number of aromatic nitrogens is 2. The molecule has 1 aromatic heterocycles. The third-order valence-electron chi connectivity index (χ3n) is 4.08. The van der Waals surface area contributed by atoms with Gasteiger partial charge in [0.05, 0.1) is 18.8 Å². The lowest BCUT2D eigenvalue weighted by atomic mass is 10.1. The Labute approximate surface area is 136 Å². The Morgan fingerprint density at radius 1 is 1.30 bits per heavy atom. The molecule has 1 fully saturated rings. The Morgan fingerprint density at radius 2 is 2.17 bits per heavy atom. The number of hydrogen-bond acceptors (Lipinski definition) is 3. The number of benzene rings is 1. The van der Waals surface area contributed by atoms with E-state index in [9.17, 15) is 4.79 Å². The lowest BCUT2D eigenvalue weighted by Gasteiger charge is -2.08. The van der Waals surface area contributed by atoms with E-state index in [4.69, 9.17) is 4.74 Å². The van der Waals surface area contributed by atoms with E-state index in [0.29, 0.717) is 13.0 Å². The Bertz CT molecular complexity index is 618. The molecular weight excluding hydrogens is 290 g/mol. The highest BCUT2D eigenvalue weighted by Gasteiger charge is 2.16. The van der Waals surface area contributed by atoms with Gasteiger partial charge in [-0.2, -0.15) is 5.10 Å². The van der Waals surface area contributed by atoms with Crippen molar-refractivity contribution in [1.82, 2.24) is 15.1 Å². The normalized spacial score (nSPS) is 17.3. The van der Waals surface area contributed by atoms with Crippen molar-refractivity contribution >= 4 is 5.91 Å². The fourth-order valence-electron chi connectivity index (χ4n) is 2.81. The first-order valence-corrected chi connectivity index (χ1v) is 8.23. The van der Waals surface area contributed by atoms with Crippen molar-refractivity contribution in [2.75, 3.05) is 6.61 Å².